The minimum atomic E-state index is -0.490. The van der Waals surface area contributed by atoms with Gasteiger partial charge >= 0.3 is 6.03 Å². The van der Waals surface area contributed by atoms with Crippen LogP contribution < -0.4 is 10.6 Å². The Kier molecular flexibility index (Phi) is 7.73. The SMILES string of the molecule is CC(Sc1nnc(-c2ccccc2Cl)n1C1CCCC1)C(=O)NC(=O)NC1CCCCC1. The van der Waals surface area contributed by atoms with Gasteiger partial charge in [0.05, 0.1) is 10.3 Å². The van der Waals surface area contributed by atoms with Gasteiger partial charge in [-0.3, -0.25) is 14.7 Å². The van der Waals surface area contributed by atoms with Crippen LogP contribution in [0, 0.1) is 0 Å². The van der Waals surface area contributed by atoms with Gasteiger partial charge in [0.15, 0.2) is 11.0 Å². The molecule has 2 aromatic rings. The highest BCUT2D eigenvalue weighted by atomic mass is 35.5. The van der Waals surface area contributed by atoms with Crippen molar-refractivity contribution in [1.82, 2.24) is 25.4 Å². The zero-order valence-electron chi connectivity index (χ0n) is 18.3. The monoisotopic (exact) mass is 475 g/mol. The van der Waals surface area contributed by atoms with Gasteiger partial charge in [0, 0.05) is 17.6 Å². The fourth-order valence-electron chi connectivity index (χ4n) is 4.57. The van der Waals surface area contributed by atoms with Gasteiger partial charge in [0.1, 0.15) is 0 Å². The summed E-state index contributed by atoms with van der Waals surface area (Å²) < 4.78 is 2.13. The minimum Gasteiger partial charge on any atom is -0.335 e. The number of halogens is 1. The zero-order valence-corrected chi connectivity index (χ0v) is 19.9. The van der Waals surface area contributed by atoms with Gasteiger partial charge in [0.25, 0.3) is 0 Å². The molecule has 3 amide bonds. The van der Waals surface area contributed by atoms with Crippen LogP contribution in [0.2, 0.25) is 5.02 Å². The first-order valence-corrected chi connectivity index (χ1v) is 12.8. The van der Waals surface area contributed by atoms with Gasteiger partial charge in [-0.25, -0.2) is 4.79 Å². The molecule has 1 unspecified atom stereocenters. The molecule has 1 aromatic carbocycles. The second kappa shape index (κ2) is 10.7. The van der Waals surface area contributed by atoms with E-state index in [2.05, 4.69) is 25.4 Å². The zero-order chi connectivity index (χ0) is 22.5. The van der Waals surface area contributed by atoms with Crippen molar-refractivity contribution in [2.45, 2.75) is 87.2 Å². The number of thioether (sulfide) groups is 1. The van der Waals surface area contributed by atoms with Gasteiger partial charge in [-0.1, -0.05) is 67.6 Å². The summed E-state index contributed by atoms with van der Waals surface area (Å²) in [5, 5.41) is 15.1. The number of benzene rings is 1. The molecule has 2 N–H and O–H groups in total. The Morgan fingerprint density at radius 3 is 2.47 bits per heavy atom. The van der Waals surface area contributed by atoms with Crippen LogP contribution in [0.15, 0.2) is 29.4 Å². The molecule has 1 atom stereocenters. The van der Waals surface area contributed by atoms with Crippen LogP contribution in [0.4, 0.5) is 4.79 Å². The molecule has 0 bridgehead atoms. The van der Waals surface area contributed by atoms with Crippen molar-refractivity contribution in [3.8, 4) is 11.4 Å². The average Bonchev–Trinajstić information content (AvgIpc) is 3.44. The molecule has 2 aliphatic rings. The topological polar surface area (TPSA) is 88.9 Å². The van der Waals surface area contributed by atoms with E-state index in [9.17, 15) is 9.59 Å². The molecule has 0 aliphatic heterocycles. The lowest BCUT2D eigenvalue weighted by atomic mass is 9.96. The molecule has 0 radical (unpaired) electrons. The van der Waals surface area contributed by atoms with Gasteiger partial charge < -0.3 is 5.32 Å². The molecular weight excluding hydrogens is 446 g/mol. The summed E-state index contributed by atoms with van der Waals surface area (Å²) in [5.41, 5.74) is 0.837. The fraction of sp³-hybridized carbons (Fsp3) is 0.565. The second-order valence-corrected chi connectivity index (χ2v) is 10.4. The van der Waals surface area contributed by atoms with Crippen LogP contribution in [-0.4, -0.2) is 38.0 Å². The lowest BCUT2D eigenvalue weighted by molar-refractivity contribution is -0.119. The van der Waals surface area contributed by atoms with E-state index in [4.69, 9.17) is 11.6 Å². The highest BCUT2D eigenvalue weighted by molar-refractivity contribution is 8.00. The Morgan fingerprint density at radius 1 is 1.06 bits per heavy atom. The summed E-state index contributed by atoms with van der Waals surface area (Å²) in [4.78, 5) is 25.0. The Balaban J connectivity index is 1.46. The highest BCUT2D eigenvalue weighted by Crippen LogP contribution is 2.39. The number of hydrogen-bond acceptors (Lipinski definition) is 5. The summed E-state index contributed by atoms with van der Waals surface area (Å²) in [6.07, 6.45) is 9.82. The van der Waals surface area contributed by atoms with Crippen LogP contribution >= 0.6 is 23.4 Å². The Morgan fingerprint density at radius 2 is 1.75 bits per heavy atom. The maximum atomic E-state index is 12.7. The third-order valence-corrected chi connectivity index (χ3v) is 7.68. The molecule has 7 nitrogen and oxygen atoms in total. The molecule has 0 saturated heterocycles. The number of imide groups is 1. The number of nitrogens with zero attached hydrogens (tertiary/aromatic N) is 3. The molecule has 4 rings (SSSR count). The number of hydrogen-bond donors (Lipinski definition) is 2. The maximum absolute atomic E-state index is 12.7. The molecule has 9 heteroatoms. The summed E-state index contributed by atoms with van der Waals surface area (Å²) >= 11 is 7.77. The van der Waals surface area contributed by atoms with Crippen molar-refractivity contribution in [3.63, 3.8) is 0 Å². The normalized spacial score (nSPS) is 18.4. The van der Waals surface area contributed by atoms with Crippen LogP contribution in [0.1, 0.15) is 70.8 Å². The number of carbonyl (C=O) groups is 2. The molecule has 1 heterocycles. The maximum Gasteiger partial charge on any atom is 0.321 e. The van der Waals surface area contributed by atoms with E-state index in [0.29, 0.717) is 10.2 Å². The molecule has 0 spiro atoms. The minimum absolute atomic E-state index is 0.156. The first kappa shape index (κ1) is 23.1. The van der Waals surface area contributed by atoms with E-state index >= 15 is 0 Å². The van der Waals surface area contributed by atoms with Gasteiger partial charge in [0.2, 0.25) is 5.91 Å². The van der Waals surface area contributed by atoms with E-state index in [0.717, 1.165) is 62.8 Å². The second-order valence-electron chi connectivity index (χ2n) is 8.65. The van der Waals surface area contributed by atoms with Gasteiger partial charge in [-0.05, 0) is 44.7 Å². The average molecular weight is 476 g/mol. The van der Waals surface area contributed by atoms with Crippen LogP contribution in [0.3, 0.4) is 0 Å². The first-order valence-electron chi connectivity index (χ1n) is 11.5. The molecule has 2 saturated carbocycles. The largest absolute Gasteiger partial charge is 0.335 e. The molecule has 32 heavy (non-hydrogen) atoms. The van der Waals surface area contributed by atoms with E-state index in [1.54, 1.807) is 6.92 Å². The van der Waals surface area contributed by atoms with Crippen molar-refractivity contribution in [1.29, 1.82) is 0 Å². The summed E-state index contributed by atoms with van der Waals surface area (Å²) in [5.74, 6) is 0.399. The van der Waals surface area contributed by atoms with Crippen molar-refractivity contribution in [3.05, 3.63) is 29.3 Å². The summed E-state index contributed by atoms with van der Waals surface area (Å²) in [7, 11) is 0. The van der Waals surface area contributed by atoms with Crippen molar-refractivity contribution >= 4 is 35.3 Å². The lowest BCUT2D eigenvalue weighted by Crippen LogP contribution is -2.47. The lowest BCUT2D eigenvalue weighted by Gasteiger charge is -2.23. The van der Waals surface area contributed by atoms with Crippen LogP contribution in [0.25, 0.3) is 11.4 Å². The number of urea groups is 1. The predicted molar refractivity (Wildman–Crippen MR) is 127 cm³/mol. The Labute approximate surface area is 198 Å². The Hall–Kier alpha value is -2.06. The van der Waals surface area contributed by atoms with Gasteiger partial charge in [-0.2, -0.15) is 0 Å². The number of carbonyl (C=O) groups excluding carboxylic acids is 2. The standard InChI is InChI=1S/C23H30ClN5O2S/c1-15(21(30)26-22(31)25-16-9-3-2-4-10-16)32-23-28-27-20(18-13-7-8-14-19(18)24)29(23)17-11-5-6-12-17/h7-8,13-17H,2-6,9-12H2,1H3,(H2,25,26,30,31). The molecule has 2 aliphatic carbocycles. The number of rotatable bonds is 6. The van der Waals surface area contributed by atoms with Gasteiger partial charge in [-0.15, -0.1) is 10.2 Å². The fourth-order valence-corrected chi connectivity index (χ4v) is 5.71. The van der Waals surface area contributed by atoms with Crippen LogP contribution in [0.5, 0.6) is 0 Å². The molecule has 1 aromatic heterocycles. The number of amides is 3. The molecule has 2 fully saturated rings. The summed E-state index contributed by atoms with van der Waals surface area (Å²) in [6.45, 7) is 1.79. The smallest absolute Gasteiger partial charge is 0.321 e. The van der Waals surface area contributed by atoms with E-state index < -0.39 is 11.3 Å². The number of aromatic nitrogens is 3. The third kappa shape index (κ3) is 5.46. The number of nitrogens with one attached hydrogen (secondary N) is 2. The molecular formula is C23H30ClN5O2S. The van der Waals surface area contributed by atoms with Crippen molar-refractivity contribution < 1.29 is 9.59 Å². The van der Waals surface area contributed by atoms with E-state index in [1.165, 1.54) is 18.2 Å². The summed E-state index contributed by atoms with van der Waals surface area (Å²) in [6, 6.07) is 7.64. The van der Waals surface area contributed by atoms with Crippen LogP contribution in [-0.2, 0) is 4.79 Å². The quantitative estimate of drug-likeness (QED) is 0.549. The third-order valence-electron chi connectivity index (χ3n) is 6.30. The predicted octanol–water partition coefficient (Wildman–Crippen LogP) is 5.35. The van der Waals surface area contributed by atoms with E-state index in [-0.39, 0.29) is 18.0 Å². The van der Waals surface area contributed by atoms with Crippen molar-refractivity contribution in [2.75, 3.05) is 0 Å². The van der Waals surface area contributed by atoms with E-state index in [1.807, 2.05) is 24.3 Å². The van der Waals surface area contributed by atoms with Crippen molar-refractivity contribution in [2.24, 2.45) is 0 Å². The Bertz CT molecular complexity index is 954. The first-order chi connectivity index (χ1) is 15.5. The highest BCUT2D eigenvalue weighted by Gasteiger charge is 2.28. The molecule has 172 valence electrons.